The molecule has 1 saturated carbocycles. The predicted molar refractivity (Wildman–Crippen MR) is 116 cm³/mol. The summed E-state index contributed by atoms with van der Waals surface area (Å²) in [5, 5.41) is 2.69. The van der Waals surface area contributed by atoms with Crippen molar-refractivity contribution in [1.82, 2.24) is 5.32 Å². The van der Waals surface area contributed by atoms with E-state index >= 15 is 0 Å². The van der Waals surface area contributed by atoms with Gasteiger partial charge in [-0.05, 0) is 74.9 Å². The molecule has 1 unspecified atom stereocenters. The Balaban J connectivity index is 1.77. The van der Waals surface area contributed by atoms with Crippen LogP contribution in [0.1, 0.15) is 39.2 Å². The van der Waals surface area contributed by atoms with Gasteiger partial charge in [-0.3, -0.25) is 4.79 Å². The SMILES string of the molecule is CN(C(=O)C(NC(=O)OC(C)(C)C)C1CC1)c1cccc(-c2ccc(C(F)(F)F)cc2)c1. The summed E-state index contributed by atoms with van der Waals surface area (Å²) in [6, 6.07) is 11.1. The molecule has 8 heteroatoms. The minimum absolute atomic E-state index is 0.0514. The maximum Gasteiger partial charge on any atom is 0.416 e. The van der Waals surface area contributed by atoms with E-state index < -0.39 is 29.5 Å². The van der Waals surface area contributed by atoms with Crippen LogP contribution in [0, 0.1) is 5.92 Å². The lowest BCUT2D eigenvalue weighted by Gasteiger charge is -2.27. The molecule has 5 nitrogen and oxygen atoms in total. The van der Waals surface area contributed by atoms with Crippen molar-refractivity contribution in [2.75, 3.05) is 11.9 Å². The summed E-state index contributed by atoms with van der Waals surface area (Å²) in [6.45, 7) is 5.25. The molecule has 1 atom stereocenters. The molecule has 3 rings (SSSR count). The van der Waals surface area contributed by atoms with Crippen LogP contribution >= 0.6 is 0 Å². The molecule has 2 aromatic rings. The lowest BCUT2D eigenvalue weighted by atomic mass is 10.0. The molecule has 0 heterocycles. The largest absolute Gasteiger partial charge is 0.444 e. The Bertz CT molecular complexity index is 977. The number of hydrogen-bond acceptors (Lipinski definition) is 3. The first-order valence-corrected chi connectivity index (χ1v) is 10.4. The highest BCUT2D eigenvalue weighted by Gasteiger charge is 2.39. The van der Waals surface area contributed by atoms with Crippen molar-refractivity contribution in [2.24, 2.45) is 5.92 Å². The molecule has 2 aromatic carbocycles. The minimum Gasteiger partial charge on any atom is -0.444 e. The van der Waals surface area contributed by atoms with E-state index in [9.17, 15) is 22.8 Å². The average Bonchev–Trinajstić information content (AvgIpc) is 3.54. The third-order valence-corrected chi connectivity index (χ3v) is 5.14. The van der Waals surface area contributed by atoms with Crippen molar-refractivity contribution in [1.29, 1.82) is 0 Å². The number of anilines is 1. The van der Waals surface area contributed by atoms with Crippen molar-refractivity contribution in [3.05, 3.63) is 54.1 Å². The fraction of sp³-hybridized carbons (Fsp3) is 0.417. The van der Waals surface area contributed by atoms with E-state index in [0.717, 1.165) is 25.0 Å². The molecule has 0 aliphatic heterocycles. The zero-order chi connectivity index (χ0) is 23.7. The number of amides is 2. The molecule has 1 fully saturated rings. The monoisotopic (exact) mass is 448 g/mol. The molecule has 172 valence electrons. The second kappa shape index (κ2) is 8.84. The second-order valence-electron chi connectivity index (χ2n) is 8.98. The van der Waals surface area contributed by atoms with Gasteiger partial charge in [0.1, 0.15) is 11.6 Å². The van der Waals surface area contributed by atoms with Crippen molar-refractivity contribution in [3.63, 3.8) is 0 Å². The number of alkyl halides is 3. The standard InChI is InChI=1S/C24H27F3N2O3/c1-23(2,3)32-22(31)28-20(16-8-9-16)21(30)29(4)19-7-5-6-17(14-19)15-10-12-18(13-11-15)24(25,26)27/h5-7,10-14,16,20H,8-9H2,1-4H3,(H,28,31). The highest BCUT2D eigenvalue weighted by Crippen LogP contribution is 2.35. The van der Waals surface area contributed by atoms with Gasteiger partial charge in [0.15, 0.2) is 0 Å². The summed E-state index contributed by atoms with van der Waals surface area (Å²) in [5.41, 5.74) is 0.461. The summed E-state index contributed by atoms with van der Waals surface area (Å²) >= 11 is 0. The van der Waals surface area contributed by atoms with E-state index in [0.29, 0.717) is 16.8 Å². The molecule has 2 amide bonds. The normalized spacial score (nSPS) is 15.1. The van der Waals surface area contributed by atoms with E-state index in [-0.39, 0.29) is 11.8 Å². The molecule has 1 N–H and O–H groups in total. The zero-order valence-electron chi connectivity index (χ0n) is 18.5. The lowest BCUT2D eigenvalue weighted by Crippen LogP contribution is -2.50. The van der Waals surface area contributed by atoms with Crippen molar-refractivity contribution < 1.29 is 27.5 Å². The quantitative estimate of drug-likeness (QED) is 0.644. The number of carbonyl (C=O) groups excluding carboxylic acids is 2. The number of likely N-dealkylation sites (N-methyl/N-ethyl adjacent to an activating group) is 1. The van der Waals surface area contributed by atoms with Gasteiger partial charge < -0.3 is 15.0 Å². The maximum absolute atomic E-state index is 13.2. The van der Waals surface area contributed by atoms with Crippen LogP contribution in [0.15, 0.2) is 48.5 Å². The van der Waals surface area contributed by atoms with Gasteiger partial charge in [0.2, 0.25) is 5.91 Å². The van der Waals surface area contributed by atoms with E-state index in [4.69, 9.17) is 4.74 Å². The van der Waals surface area contributed by atoms with Crippen molar-refractivity contribution in [3.8, 4) is 11.1 Å². The molecule has 0 radical (unpaired) electrons. The third-order valence-electron chi connectivity index (χ3n) is 5.14. The van der Waals surface area contributed by atoms with Crippen LogP contribution in [-0.4, -0.2) is 30.7 Å². The van der Waals surface area contributed by atoms with Crippen LogP contribution in [0.2, 0.25) is 0 Å². The molecule has 0 bridgehead atoms. The van der Waals surface area contributed by atoms with Gasteiger partial charge in [-0.2, -0.15) is 13.2 Å². The number of carbonyl (C=O) groups is 2. The summed E-state index contributed by atoms with van der Waals surface area (Å²) in [4.78, 5) is 26.8. The summed E-state index contributed by atoms with van der Waals surface area (Å²) in [6.07, 6.45) is -3.36. The highest BCUT2D eigenvalue weighted by molar-refractivity contribution is 5.99. The molecule has 0 saturated heterocycles. The molecule has 1 aliphatic rings. The van der Waals surface area contributed by atoms with E-state index in [1.165, 1.54) is 17.0 Å². The van der Waals surface area contributed by atoms with Crippen LogP contribution in [0.4, 0.5) is 23.7 Å². The fourth-order valence-corrected chi connectivity index (χ4v) is 3.33. The molecule has 0 aromatic heterocycles. The number of nitrogens with zero attached hydrogens (tertiary/aromatic N) is 1. The summed E-state index contributed by atoms with van der Waals surface area (Å²) in [7, 11) is 1.61. The zero-order valence-corrected chi connectivity index (χ0v) is 18.5. The van der Waals surface area contributed by atoms with E-state index in [2.05, 4.69) is 5.32 Å². The van der Waals surface area contributed by atoms with Gasteiger partial charge in [-0.25, -0.2) is 4.79 Å². The third kappa shape index (κ3) is 6.02. The maximum atomic E-state index is 13.2. The second-order valence-corrected chi connectivity index (χ2v) is 8.98. The molecule has 1 aliphatic carbocycles. The number of alkyl carbamates (subject to hydrolysis) is 1. The first-order chi connectivity index (χ1) is 14.8. The van der Waals surface area contributed by atoms with Gasteiger partial charge in [0, 0.05) is 12.7 Å². The fourth-order valence-electron chi connectivity index (χ4n) is 3.33. The first kappa shape index (κ1) is 23.6. The van der Waals surface area contributed by atoms with E-state index in [1.807, 2.05) is 0 Å². The lowest BCUT2D eigenvalue weighted by molar-refractivity contribution is -0.137. The molecular weight excluding hydrogens is 421 g/mol. The Morgan fingerprint density at radius 2 is 1.66 bits per heavy atom. The van der Waals surface area contributed by atoms with E-state index in [1.54, 1.807) is 52.1 Å². The van der Waals surface area contributed by atoms with Crippen LogP contribution in [0.25, 0.3) is 11.1 Å². The molecular formula is C24H27F3N2O3. The number of rotatable bonds is 5. The Morgan fingerprint density at radius 1 is 1.03 bits per heavy atom. The minimum atomic E-state index is -4.40. The van der Waals surface area contributed by atoms with Gasteiger partial charge in [0.05, 0.1) is 5.56 Å². The highest BCUT2D eigenvalue weighted by atomic mass is 19.4. The Kier molecular flexibility index (Phi) is 6.53. The average molecular weight is 448 g/mol. The number of hydrogen-bond donors (Lipinski definition) is 1. The van der Waals surface area contributed by atoms with Gasteiger partial charge in [0.25, 0.3) is 0 Å². The number of ether oxygens (including phenoxy) is 1. The van der Waals surface area contributed by atoms with Gasteiger partial charge in [-0.15, -0.1) is 0 Å². The number of halogens is 3. The summed E-state index contributed by atoms with van der Waals surface area (Å²) in [5.74, 6) is -0.224. The number of nitrogens with one attached hydrogen (secondary N) is 1. The number of benzene rings is 2. The van der Waals surface area contributed by atoms with Crippen LogP contribution in [0.5, 0.6) is 0 Å². The Morgan fingerprint density at radius 3 is 2.19 bits per heavy atom. The van der Waals surface area contributed by atoms with Crippen LogP contribution in [0.3, 0.4) is 0 Å². The van der Waals surface area contributed by atoms with Crippen LogP contribution < -0.4 is 10.2 Å². The van der Waals surface area contributed by atoms with Crippen molar-refractivity contribution in [2.45, 2.75) is 51.4 Å². The molecule has 32 heavy (non-hydrogen) atoms. The van der Waals surface area contributed by atoms with Crippen LogP contribution in [-0.2, 0) is 15.7 Å². The molecule has 0 spiro atoms. The first-order valence-electron chi connectivity index (χ1n) is 10.4. The predicted octanol–water partition coefficient (Wildman–Crippen LogP) is 5.64. The van der Waals surface area contributed by atoms with Gasteiger partial charge >= 0.3 is 12.3 Å². The van der Waals surface area contributed by atoms with Crippen molar-refractivity contribution >= 4 is 17.7 Å². The summed E-state index contributed by atoms with van der Waals surface area (Å²) < 4.78 is 43.8. The Hall–Kier alpha value is -3.03. The Labute approximate surface area is 185 Å². The smallest absolute Gasteiger partial charge is 0.416 e. The van der Waals surface area contributed by atoms with Gasteiger partial charge in [-0.1, -0.05) is 24.3 Å². The topological polar surface area (TPSA) is 58.6 Å².